The van der Waals surface area contributed by atoms with E-state index in [9.17, 15) is 19.2 Å². The molecule has 4 aliphatic rings. The van der Waals surface area contributed by atoms with Gasteiger partial charge in [0.15, 0.2) is 0 Å². The topological polar surface area (TPSA) is 347 Å². The fourth-order valence-electron chi connectivity index (χ4n) is 6.80. The van der Waals surface area contributed by atoms with Crippen molar-refractivity contribution in [1.29, 1.82) is 0 Å². The molecule has 4 rings (SSSR count). The Labute approximate surface area is 406 Å². The van der Waals surface area contributed by atoms with Crippen molar-refractivity contribution < 1.29 is 91.3 Å². The fraction of sp³-hybridized carbons (Fsp3) is 0.895. The third-order valence-electron chi connectivity index (χ3n) is 9.75. The molecule has 0 aliphatic carbocycles. The molecule has 4 amide bonds. The maximum absolute atomic E-state index is 11.8. The van der Waals surface area contributed by atoms with Gasteiger partial charge in [0.05, 0.1) is 124 Å². The summed E-state index contributed by atoms with van der Waals surface area (Å²) >= 11 is 3.40. The second-order valence-corrected chi connectivity index (χ2v) is 16.9. The molecule has 4 saturated heterocycles. The van der Waals surface area contributed by atoms with Crippen LogP contribution in [0.4, 0.5) is 9.59 Å². The van der Waals surface area contributed by atoms with Gasteiger partial charge in [-0.2, -0.15) is 0 Å². The van der Waals surface area contributed by atoms with Crippen LogP contribution in [-0.4, -0.2) is 193 Å². The Hall–Kier alpha value is -2.96. The zero-order chi connectivity index (χ0) is 45.3. The van der Waals surface area contributed by atoms with Gasteiger partial charge in [0.25, 0.3) is 0 Å². The first-order valence-electron chi connectivity index (χ1n) is 21.2. The van der Waals surface area contributed by atoms with Crippen LogP contribution >= 0.6 is 23.5 Å². The van der Waals surface area contributed by atoms with Crippen LogP contribution in [0.3, 0.4) is 0 Å². The SMILES string of the molecule is C.COC(=O)CCCC[C@@H]1S[C@@H](OCCOCCOCCOCCN=[N+]=[N-])[C@@H]2NC(=O)N[C@@H]21.[Li+].[N-]=[N+]=NCCOCCOCCOCCO[C@@H]1S[C@@H](CCCCC(=O)O)[C@H]2NC(=O)N[C@H]21.[OH-]. The zero-order valence-electron chi connectivity index (χ0n) is 37.3. The van der Waals surface area contributed by atoms with Crippen molar-refractivity contribution in [2.24, 2.45) is 10.2 Å². The Morgan fingerprint density at radius 1 is 0.591 bits per heavy atom. The van der Waals surface area contributed by atoms with E-state index in [2.05, 4.69) is 46.1 Å². The van der Waals surface area contributed by atoms with E-state index in [0.29, 0.717) is 118 Å². The summed E-state index contributed by atoms with van der Waals surface area (Å²) in [6.45, 7) is 6.63. The summed E-state index contributed by atoms with van der Waals surface area (Å²) < 4.78 is 48.8. The number of carboxylic acids is 1. The summed E-state index contributed by atoms with van der Waals surface area (Å²) in [5, 5.41) is 27.7. The van der Waals surface area contributed by atoms with Crippen LogP contribution in [0.2, 0.25) is 0 Å². The van der Waals surface area contributed by atoms with Gasteiger partial charge in [-0.1, -0.05) is 30.5 Å². The number of ether oxygens (including phenoxy) is 9. The van der Waals surface area contributed by atoms with E-state index in [-0.39, 0.29) is 102 Å². The van der Waals surface area contributed by atoms with Crippen molar-refractivity contribution in [2.75, 3.05) is 113 Å². The van der Waals surface area contributed by atoms with E-state index in [1.165, 1.54) is 7.11 Å². The molecule has 0 aromatic heterocycles. The van der Waals surface area contributed by atoms with Crippen LogP contribution < -0.4 is 40.1 Å². The van der Waals surface area contributed by atoms with Crippen molar-refractivity contribution in [3.05, 3.63) is 20.9 Å². The number of hydrogen-bond acceptors (Lipinski definition) is 18. The molecule has 66 heavy (non-hydrogen) atoms. The molecule has 0 saturated carbocycles. The molecule has 4 aliphatic heterocycles. The minimum atomic E-state index is -0.782. The number of methoxy groups -OCH3 is 1. The molecule has 6 N–H and O–H groups in total. The van der Waals surface area contributed by atoms with Gasteiger partial charge in [-0.3, -0.25) is 9.59 Å². The Bertz CT molecular complexity index is 1450. The fourth-order valence-corrected chi connectivity index (χ4v) is 10.1. The first kappa shape index (κ1) is 63.0. The van der Waals surface area contributed by atoms with Crippen LogP contribution in [0.5, 0.6) is 0 Å². The minimum absolute atomic E-state index is 0. The first-order valence-corrected chi connectivity index (χ1v) is 23.1. The summed E-state index contributed by atoms with van der Waals surface area (Å²) in [6.07, 6.45) is 5.41. The molecule has 374 valence electrons. The number of unbranched alkanes of at least 4 members (excludes halogenated alkanes) is 2. The molecule has 4 heterocycles. The molecule has 8 atom stereocenters. The van der Waals surface area contributed by atoms with Crippen molar-refractivity contribution in [3.63, 3.8) is 0 Å². The quantitative estimate of drug-likeness (QED) is 0.0109. The Balaban J connectivity index is 0.00000123. The average molecular weight is 977 g/mol. The van der Waals surface area contributed by atoms with Crippen molar-refractivity contribution in [1.82, 2.24) is 21.3 Å². The Morgan fingerprint density at radius 2 is 0.939 bits per heavy atom. The molecule has 0 bridgehead atoms. The van der Waals surface area contributed by atoms with Crippen molar-refractivity contribution in [2.45, 2.75) is 104 Å². The van der Waals surface area contributed by atoms with Gasteiger partial charge in [-0.05, 0) is 36.7 Å². The summed E-state index contributed by atoms with van der Waals surface area (Å²) in [5.41, 5.74) is 16.0. The second kappa shape index (κ2) is 40.0. The van der Waals surface area contributed by atoms with E-state index >= 15 is 0 Å². The van der Waals surface area contributed by atoms with E-state index in [1.54, 1.807) is 23.5 Å². The number of esters is 1. The normalized spacial score (nSPS) is 23.0. The third kappa shape index (κ3) is 26.5. The molecular formula is C38H69LiN10O15S2. The van der Waals surface area contributed by atoms with Crippen LogP contribution in [0, 0.1) is 0 Å². The monoisotopic (exact) mass is 976 g/mol. The van der Waals surface area contributed by atoms with Gasteiger partial charge in [0.2, 0.25) is 0 Å². The number of amides is 4. The van der Waals surface area contributed by atoms with Crippen LogP contribution in [0.15, 0.2) is 10.2 Å². The third-order valence-corrected chi connectivity index (χ3v) is 12.9. The first-order chi connectivity index (χ1) is 30.8. The van der Waals surface area contributed by atoms with E-state index in [0.717, 1.165) is 32.1 Å². The average Bonchev–Trinajstić information content (AvgIpc) is 4.02. The van der Waals surface area contributed by atoms with Crippen molar-refractivity contribution >= 4 is 47.5 Å². The molecule has 0 spiro atoms. The summed E-state index contributed by atoms with van der Waals surface area (Å²) in [4.78, 5) is 50.7. The van der Waals surface area contributed by atoms with E-state index in [1.807, 2.05) is 0 Å². The predicted molar refractivity (Wildman–Crippen MR) is 239 cm³/mol. The largest absolute Gasteiger partial charge is 1.00 e. The van der Waals surface area contributed by atoms with Gasteiger partial charge in [-0.15, -0.1) is 23.5 Å². The molecule has 4 fully saturated rings. The zero-order valence-corrected chi connectivity index (χ0v) is 38.9. The number of nitrogens with zero attached hydrogens (tertiary/aromatic N) is 6. The van der Waals surface area contributed by atoms with Gasteiger partial charge in [-0.25, -0.2) is 9.59 Å². The number of thioether (sulfide) groups is 2. The molecule has 25 nitrogen and oxygen atoms in total. The standard InChI is InChI=1S/C19H33N5O7S.C18H31N5O7S.CH4.Li.H2O/c1-27-15(25)5-3-2-4-14-16-17(23-19(26)22-16)18(32-14)31-13-12-30-11-10-29-9-8-28-7-6-21-24-20;19-23-20-5-6-27-7-8-28-9-10-29-11-12-30-17-16-15(21-18(26)22-16)13(31-17)3-1-2-4-14(24)25;;;/h14,16-18H,2-13H2,1H3,(H2,22,23,26);13,15-17H,1-12H2,(H,24,25)(H2,21,22,26);1H4;;1H2/q;;;+1;/p-1/t14-,16+,17+,18+;13-,15+,16+,17+;;;/m00.../s1. The number of rotatable bonds is 36. The second-order valence-electron chi connectivity index (χ2n) is 14.2. The number of azide groups is 2. The predicted octanol–water partition coefficient (Wildman–Crippen LogP) is 0.551. The number of carbonyl (C=O) groups excluding carboxylic acids is 3. The summed E-state index contributed by atoms with van der Waals surface area (Å²) in [6, 6.07) is -0.489. The smallest absolute Gasteiger partial charge is 0.870 e. The maximum atomic E-state index is 11.8. The number of hydrogen-bond donors (Lipinski definition) is 5. The number of urea groups is 2. The Kier molecular flexibility index (Phi) is 38.2. The van der Waals surface area contributed by atoms with E-state index in [4.69, 9.17) is 54.1 Å². The molecular weight excluding hydrogens is 908 g/mol. The molecule has 0 unspecified atom stereocenters. The van der Waals surface area contributed by atoms with Crippen LogP contribution in [0.1, 0.15) is 58.8 Å². The molecule has 0 radical (unpaired) electrons. The number of carboxylic acid groups (broad SMARTS) is 1. The molecule has 0 aromatic carbocycles. The summed E-state index contributed by atoms with van der Waals surface area (Å²) in [7, 11) is 1.39. The van der Waals surface area contributed by atoms with Crippen LogP contribution in [0.25, 0.3) is 20.9 Å². The summed E-state index contributed by atoms with van der Waals surface area (Å²) in [5.74, 6) is -0.977. The van der Waals surface area contributed by atoms with Gasteiger partial charge in [0, 0.05) is 46.3 Å². The number of aliphatic carboxylic acids is 1. The number of carbonyl (C=O) groups is 4. The maximum Gasteiger partial charge on any atom is 1.00 e. The number of nitrogens with one attached hydrogen (secondary N) is 4. The van der Waals surface area contributed by atoms with Gasteiger partial charge >= 0.3 is 42.9 Å². The molecule has 28 heteroatoms. The van der Waals surface area contributed by atoms with E-state index < -0.39 is 5.97 Å². The van der Waals surface area contributed by atoms with Gasteiger partial charge in [0.1, 0.15) is 10.9 Å². The number of fused-ring (bicyclic) bond motifs is 2. The van der Waals surface area contributed by atoms with Crippen LogP contribution in [-0.2, 0) is 52.2 Å². The minimum Gasteiger partial charge on any atom is -0.870 e. The Morgan fingerprint density at radius 3 is 1.30 bits per heavy atom. The molecule has 0 aromatic rings. The van der Waals surface area contributed by atoms with Gasteiger partial charge < -0.3 is 74.5 Å². The van der Waals surface area contributed by atoms with Crippen molar-refractivity contribution in [3.8, 4) is 0 Å².